The van der Waals surface area contributed by atoms with Gasteiger partial charge in [-0.25, -0.2) is 15.0 Å². The molecule has 0 radical (unpaired) electrons. The molecule has 1 heterocycles. The van der Waals surface area contributed by atoms with Crippen LogP contribution in [0.3, 0.4) is 0 Å². The van der Waals surface area contributed by atoms with Gasteiger partial charge in [-0.05, 0) is 75.5 Å². The molecular weight excluding hydrogens is 609 g/mol. The highest BCUT2D eigenvalue weighted by Gasteiger charge is 2.44. The van der Waals surface area contributed by atoms with Crippen LogP contribution in [-0.4, -0.2) is 15.0 Å². The molecule has 6 aromatic carbocycles. The predicted octanol–water partition coefficient (Wildman–Crippen LogP) is 11.3. The average Bonchev–Trinajstić information content (AvgIpc) is 3.46. The fourth-order valence-electron chi connectivity index (χ4n) is 8.26. The summed E-state index contributed by atoms with van der Waals surface area (Å²) in [5.41, 5.74) is 13.2. The molecule has 238 valence electrons. The summed E-state index contributed by atoms with van der Waals surface area (Å²) in [7, 11) is 0. The third-order valence-corrected chi connectivity index (χ3v) is 10.6. The van der Waals surface area contributed by atoms with Gasteiger partial charge in [-0.3, -0.25) is 0 Å². The summed E-state index contributed by atoms with van der Waals surface area (Å²) in [6.45, 7) is 0. The lowest BCUT2D eigenvalue weighted by Crippen LogP contribution is -2.28. The molecule has 1 spiro atoms. The van der Waals surface area contributed by atoms with Gasteiger partial charge >= 0.3 is 0 Å². The Morgan fingerprint density at radius 1 is 0.440 bits per heavy atom. The number of fused-ring (bicyclic) bond motifs is 5. The summed E-state index contributed by atoms with van der Waals surface area (Å²) >= 11 is 0. The third-order valence-electron chi connectivity index (χ3n) is 10.6. The lowest BCUT2D eigenvalue weighted by Gasteiger charge is -2.36. The first-order valence-corrected chi connectivity index (χ1v) is 17.5. The molecule has 50 heavy (non-hydrogen) atoms. The predicted molar refractivity (Wildman–Crippen MR) is 201 cm³/mol. The van der Waals surface area contributed by atoms with Crippen molar-refractivity contribution in [3.8, 4) is 73.6 Å². The van der Waals surface area contributed by atoms with Gasteiger partial charge in [0.1, 0.15) is 0 Å². The van der Waals surface area contributed by atoms with Gasteiger partial charge < -0.3 is 0 Å². The van der Waals surface area contributed by atoms with Gasteiger partial charge in [-0.2, -0.15) is 5.26 Å². The summed E-state index contributed by atoms with van der Waals surface area (Å²) in [4.78, 5) is 15.4. The standard InChI is InChI=1S/C46H34N4/c47-30-31-24-25-39-41(28-31)46(26-10-3-11-27-46)40-23-13-22-37(42(39)40)36-20-8-9-21-38(36)45-49-43(33-16-6-2-7-17-33)48-44(50-45)35-19-12-18-34(29-35)32-14-4-1-5-15-32/h1-2,4-9,12-25,28-29H,3,10-11,26-27H2. The fourth-order valence-corrected chi connectivity index (χ4v) is 8.26. The number of aromatic nitrogens is 3. The molecule has 9 rings (SSSR count). The molecule has 0 atom stereocenters. The first-order valence-electron chi connectivity index (χ1n) is 17.5. The molecule has 1 aromatic heterocycles. The van der Waals surface area contributed by atoms with E-state index < -0.39 is 0 Å². The van der Waals surface area contributed by atoms with E-state index in [0.29, 0.717) is 17.5 Å². The fraction of sp³-hybridized carbons (Fsp3) is 0.130. The quantitative estimate of drug-likeness (QED) is 0.187. The van der Waals surface area contributed by atoms with Gasteiger partial charge in [0.15, 0.2) is 17.5 Å². The first-order chi connectivity index (χ1) is 24.7. The van der Waals surface area contributed by atoms with Crippen molar-refractivity contribution in [1.29, 1.82) is 5.26 Å². The zero-order chi connectivity index (χ0) is 33.5. The molecule has 0 N–H and O–H groups in total. The smallest absolute Gasteiger partial charge is 0.164 e. The van der Waals surface area contributed by atoms with Crippen molar-refractivity contribution in [3.63, 3.8) is 0 Å². The highest BCUT2D eigenvalue weighted by molar-refractivity contribution is 5.96. The van der Waals surface area contributed by atoms with E-state index in [1.165, 1.54) is 47.1 Å². The minimum atomic E-state index is -0.0642. The van der Waals surface area contributed by atoms with Gasteiger partial charge in [0.05, 0.1) is 11.6 Å². The van der Waals surface area contributed by atoms with Crippen LogP contribution >= 0.6 is 0 Å². The van der Waals surface area contributed by atoms with Crippen LogP contribution in [0.4, 0.5) is 0 Å². The maximum atomic E-state index is 9.88. The van der Waals surface area contributed by atoms with Gasteiger partial charge in [-0.15, -0.1) is 0 Å². The molecule has 0 amide bonds. The van der Waals surface area contributed by atoms with E-state index in [0.717, 1.165) is 51.8 Å². The Morgan fingerprint density at radius 2 is 1.04 bits per heavy atom. The Labute approximate surface area is 292 Å². The lowest BCUT2D eigenvalue weighted by atomic mass is 9.67. The number of hydrogen-bond acceptors (Lipinski definition) is 4. The van der Waals surface area contributed by atoms with Crippen molar-refractivity contribution in [1.82, 2.24) is 15.0 Å². The monoisotopic (exact) mass is 642 g/mol. The van der Waals surface area contributed by atoms with Crippen LogP contribution in [0.1, 0.15) is 48.8 Å². The number of nitriles is 1. The SMILES string of the molecule is N#Cc1ccc2c(c1)C1(CCCCC1)c1cccc(-c3ccccc3-c3nc(-c4ccccc4)nc(-c4cccc(-c5ccccc5)c4)n3)c1-2. The van der Waals surface area contributed by atoms with Crippen molar-refractivity contribution < 1.29 is 0 Å². The Morgan fingerprint density at radius 3 is 1.80 bits per heavy atom. The molecule has 0 bridgehead atoms. The van der Waals surface area contributed by atoms with Gasteiger partial charge in [-0.1, -0.05) is 147 Å². The van der Waals surface area contributed by atoms with Gasteiger partial charge in [0, 0.05) is 22.1 Å². The molecule has 7 aromatic rings. The Bertz CT molecular complexity index is 2420. The second-order valence-corrected chi connectivity index (χ2v) is 13.4. The van der Waals surface area contributed by atoms with Crippen LogP contribution < -0.4 is 0 Å². The van der Waals surface area contributed by atoms with E-state index >= 15 is 0 Å². The third kappa shape index (κ3) is 5.02. The maximum absolute atomic E-state index is 9.88. The summed E-state index contributed by atoms with van der Waals surface area (Å²) in [5, 5.41) is 9.88. The normalized spacial score (nSPS) is 14.1. The van der Waals surface area contributed by atoms with Crippen LogP contribution in [0.25, 0.3) is 67.5 Å². The molecule has 1 saturated carbocycles. The van der Waals surface area contributed by atoms with Crippen molar-refractivity contribution in [2.24, 2.45) is 0 Å². The number of nitrogens with zero attached hydrogens (tertiary/aromatic N) is 4. The van der Waals surface area contributed by atoms with E-state index in [1.54, 1.807) is 0 Å². The second kappa shape index (κ2) is 12.4. The minimum absolute atomic E-state index is 0.0642. The van der Waals surface area contributed by atoms with Gasteiger partial charge in [0.25, 0.3) is 0 Å². The summed E-state index contributed by atoms with van der Waals surface area (Å²) in [5.74, 6) is 1.91. The topological polar surface area (TPSA) is 62.5 Å². The molecule has 2 aliphatic carbocycles. The molecule has 0 aliphatic heterocycles. The summed E-state index contributed by atoms with van der Waals surface area (Å²) in [6, 6.07) is 53.0. The van der Waals surface area contributed by atoms with Crippen LogP contribution in [0.5, 0.6) is 0 Å². The van der Waals surface area contributed by atoms with Crippen LogP contribution in [0.15, 0.2) is 146 Å². The highest BCUT2D eigenvalue weighted by atomic mass is 15.0. The van der Waals surface area contributed by atoms with E-state index in [4.69, 9.17) is 15.0 Å². The lowest BCUT2D eigenvalue weighted by molar-refractivity contribution is 0.353. The van der Waals surface area contributed by atoms with E-state index in [9.17, 15) is 5.26 Å². The summed E-state index contributed by atoms with van der Waals surface area (Å²) in [6.07, 6.45) is 5.85. The van der Waals surface area contributed by atoms with Gasteiger partial charge in [0.2, 0.25) is 0 Å². The zero-order valence-electron chi connectivity index (χ0n) is 27.7. The average molecular weight is 643 g/mol. The van der Waals surface area contributed by atoms with E-state index in [1.807, 2.05) is 30.3 Å². The number of benzene rings is 6. The molecule has 0 unspecified atom stereocenters. The van der Waals surface area contributed by atoms with Crippen molar-refractivity contribution in [2.45, 2.75) is 37.5 Å². The molecule has 4 nitrogen and oxygen atoms in total. The number of hydrogen-bond donors (Lipinski definition) is 0. The molecule has 2 aliphatic rings. The first kappa shape index (κ1) is 29.9. The van der Waals surface area contributed by atoms with Crippen LogP contribution in [0, 0.1) is 11.3 Å². The number of rotatable bonds is 5. The Kier molecular flexibility index (Phi) is 7.40. The maximum Gasteiger partial charge on any atom is 0.164 e. The molecule has 0 saturated heterocycles. The van der Waals surface area contributed by atoms with Crippen molar-refractivity contribution in [3.05, 3.63) is 162 Å². The minimum Gasteiger partial charge on any atom is -0.208 e. The van der Waals surface area contributed by atoms with Crippen molar-refractivity contribution >= 4 is 0 Å². The molecule has 4 heteroatoms. The van der Waals surface area contributed by atoms with Crippen LogP contribution in [0.2, 0.25) is 0 Å². The Hall–Kier alpha value is -6.18. The second-order valence-electron chi connectivity index (χ2n) is 13.4. The molecular formula is C46H34N4. The Balaban J connectivity index is 1.25. The van der Waals surface area contributed by atoms with E-state index in [2.05, 4.69) is 121 Å². The largest absolute Gasteiger partial charge is 0.208 e. The van der Waals surface area contributed by atoms with Crippen molar-refractivity contribution in [2.75, 3.05) is 0 Å². The summed E-state index contributed by atoms with van der Waals surface area (Å²) < 4.78 is 0. The molecule has 1 fully saturated rings. The zero-order valence-corrected chi connectivity index (χ0v) is 27.7. The van der Waals surface area contributed by atoms with E-state index in [-0.39, 0.29) is 5.41 Å². The highest BCUT2D eigenvalue weighted by Crippen LogP contribution is 2.58. The van der Waals surface area contributed by atoms with Crippen LogP contribution in [-0.2, 0) is 5.41 Å².